The number of likely N-dealkylation sites (tertiary alicyclic amines) is 2. The van der Waals surface area contributed by atoms with Gasteiger partial charge in [-0.05, 0) is 96.5 Å². The Labute approximate surface area is 210 Å². The third-order valence-corrected chi connectivity index (χ3v) is 7.31. The van der Waals surface area contributed by atoms with E-state index in [1.807, 2.05) is 34.6 Å². The zero-order valence-electron chi connectivity index (χ0n) is 22.2. The van der Waals surface area contributed by atoms with E-state index >= 15 is 0 Å². The van der Waals surface area contributed by atoms with Crippen LogP contribution < -0.4 is 5.32 Å². The molecule has 1 N–H and O–H groups in total. The standard InChI is InChI=1S/C28H42N4O3/c1-19-7-8-20(2)32(27(34)35-28(3,4)5)25(19)26(33)30-24(18-29)17-21-9-11-22(12-10-21)23-13-15-31(6)16-14-23/h9-12,19-20,23-25H,7-8,13-17H2,1-6H3,(H,30,33)/t19-,20+,24+,25+/m1/s1. The molecule has 0 aromatic heterocycles. The molecule has 7 heteroatoms. The van der Waals surface area contributed by atoms with Crippen molar-refractivity contribution in [2.75, 3.05) is 20.1 Å². The minimum atomic E-state index is -0.665. The maximum Gasteiger partial charge on any atom is 0.411 e. The van der Waals surface area contributed by atoms with Gasteiger partial charge in [-0.2, -0.15) is 5.26 Å². The molecule has 2 aliphatic heterocycles. The van der Waals surface area contributed by atoms with E-state index in [1.54, 1.807) is 4.90 Å². The highest BCUT2D eigenvalue weighted by atomic mass is 16.6. The van der Waals surface area contributed by atoms with Gasteiger partial charge in [0.15, 0.2) is 0 Å². The lowest BCUT2D eigenvalue weighted by Gasteiger charge is -2.43. The summed E-state index contributed by atoms with van der Waals surface area (Å²) in [6.45, 7) is 11.6. The number of carbonyl (C=O) groups is 2. The summed E-state index contributed by atoms with van der Waals surface area (Å²) in [7, 11) is 2.16. The Morgan fingerprint density at radius 2 is 1.74 bits per heavy atom. The number of nitrogens with one attached hydrogen (secondary N) is 1. The third-order valence-electron chi connectivity index (χ3n) is 7.31. The Morgan fingerprint density at radius 1 is 1.11 bits per heavy atom. The summed E-state index contributed by atoms with van der Waals surface area (Å²) >= 11 is 0. The Morgan fingerprint density at radius 3 is 2.31 bits per heavy atom. The van der Waals surface area contributed by atoms with Gasteiger partial charge < -0.3 is 15.0 Å². The molecular formula is C28H42N4O3. The van der Waals surface area contributed by atoms with Gasteiger partial charge in [0.25, 0.3) is 0 Å². The maximum absolute atomic E-state index is 13.4. The van der Waals surface area contributed by atoms with Gasteiger partial charge in [-0.25, -0.2) is 4.79 Å². The van der Waals surface area contributed by atoms with E-state index in [9.17, 15) is 14.9 Å². The number of hydrogen-bond donors (Lipinski definition) is 1. The second-order valence-electron chi connectivity index (χ2n) is 11.4. The highest BCUT2D eigenvalue weighted by Gasteiger charge is 2.42. The summed E-state index contributed by atoms with van der Waals surface area (Å²) in [5, 5.41) is 12.7. The molecular weight excluding hydrogens is 440 g/mol. The van der Waals surface area contributed by atoms with Crippen molar-refractivity contribution in [1.82, 2.24) is 15.1 Å². The van der Waals surface area contributed by atoms with Crippen LogP contribution in [0.2, 0.25) is 0 Å². The van der Waals surface area contributed by atoms with E-state index in [2.05, 4.69) is 47.6 Å². The van der Waals surface area contributed by atoms with Crippen molar-refractivity contribution in [2.24, 2.45) is 5.92 Å². The number of amides is 2. The van der Waals surface area contributed by atoms with Crippen molar-refractivity contribution < 1.29 is 14.3 Å². The van der Waals surface area contributed by atoms with E-state index in [0.29, 0.717) is 12.3 Å². The monoisotopic (exact) mass is 482 g/mol. The van der Waals surface area contributed by atoms with Crippen LogP contribution in [0.15, 0.2) is 24.3 Å². The fourth-order valence-electron chi connectivity index (χ4n) is 5.23. The Kier molecular flexibility index (Phi) is 8.82. The summed E-state index contributed by atoms with van der Waals surface area (Å²) < 4.78 is 5.61. The Hall–Kier alpha value is -2.59. The molecule has 2 saturated heterocycles. The molecule has 4 atom stereocenters. The van der Waals surface area contributed by atoms with E-state index in [4.69, 9.17) is 4.74 Å². The SMILES string of the molecule is C[C@@H]1CC[C@H](C)N(C(=O)OC(C)(C)C)[C@@H]1C(=O)N[C@H](C#N)Cc1ccc(C2CCN(C)CC2)cc1. The number of nitrogens with zero attached hydrogens (tertiary/aromatic N) is 3. The molecule has 0 unspecified atom stereocenters. The summed E-state index contributed by atoms with van der Waals surface area (Å²) in [5.41, 5.74) is 1.72. The van der Waals surface area contributed by atoms with E-state index in [-0.39, 0.29) is 17.9 Å². The second-order valence-corrected chi connectivity index (χ2v) is 11.4. The van der Waals surface area contributed by atoms with Gasteiger partial charge in [0.05, 0.1) is 6.07 Å². The van der Waals surface area contributed by atoms with Gasteiger partial charge in [0.2, 0.25) is 5.91 Å². The van der Waals surface area contributed by atoms with Gasteiger partial charge in [-0.15, -0.1) is 0 Å². The number of carbonyl (C=O) groups excluding carboxylic acids is 2. The molecule has 35 heavy (non-hydrogen) atoms. The zero-order chi connectivity index (χ0) is 25.8. The molecule has 0 saturated carbocycles. The smallest absolute Gasteiger partial charge is 0.411 e. The predicted octanol–water partition coefficient (Wildman–Crippen LogP) is 4.47. The normalized spacial score (nSPS) is 24.9. The highest BCUT2D eigenvalue weighted by Crippen LogP contribution is 2.30. The minimum Gasteiger partial charge on any atom is -0.444 e. The molecule has 3 rings (SSSR count). The van der Waals surface area contributed by atoms with E-state index < -0.39 is 23.8 Å². The molecule has 2 heterocycles. The maximum atomic E-state index is 13.4. The lowest BCUT2D eigenvalue weighted by molar-refractivity contribution is -0.131. The Bertz CT molecular complexity index is 910. The van der Waals surface area contributed by atoms with Crippen molar-refractivity contribution in [1.29, 1.82) is 5.26 Å². The van der Waals surface area contributed by atoms with Crippen LogP contribution in [0.1, 0.15) is 77.3 Å². The minimum absolute atomic E-state index is 0.0214. The van der Waals surface area contributed by atoms with E-state index in [1.165, 1.54) is 18.4 Å². The average Bonchev–Trinajstić information content (AvgIpc) is 2.79. The fourth-order valence-corrected chi connectivity index (χ4v) is 5.23. The first-order valence-corrected chi connectivity index (χ1v) is 13.0. The second kappa shape index (κ2) is 11.4. The summed E-state index contributed by atoms with van der Waals surface area (Å²) in [6.07, 6.45) is 3.94. The van der Waals surface area contributed by atoms with Crippen LogP contribution in [0, 0.1) is 17.2 Å². The molecule has 2 fully saturated rings. The van der Waals surface area contributed by atoms with Crippen molar-refractivity contribution in [3.05, 3.63) is 35.4 Å². The van der Waals surface area contributed by atoms with Crippen molar-refractivity contribution >= 4 is 12.0 Å². The molecule has 0 spiro atoms. The zero-order valence-corrected chi connectivity index (χ0v) is 22.2. The largest absolute Gasteiger partial charge is 0.444 e. The third kappa shape index (κ3) is 7.20. The molecule has 1 aromatic carbocycles. The number of ether oxygens (including phenoxy) is 1. The first-order valence-electron chi connectivity index (χ1n) is 13.0. The summed E-state index contributed by atoms with van der Waals surface area (Å²) in [4.78, 5) is 30.3. The topological polar surface area (TPSA) is 85.7 Å². The molecule has 1 aromatic rings. The van der Waals surface area contributed by atoms with Gasteiger partial charge in [0, 0.05) is 12.5 Å². The van der Waals surface area contributed by atoms with Crippen molar-refractivity contribution in [3.63, 3.8) is 0 Å². The van der Waals surface area contributed by atoms with Gasteiger partial charge in [-0.1, -0.05) is 31.2 Å². The summed E-state index contributed by atoms with van der Waals surface area (Å²) in [5.74, 6) is 0.275. The first-order chi connectivity index (χ1) is 16.5. The van der Waals surface area contributed by atoms with Crippen LogP contribution in [0.3, 0.4) is 0 Å². The number of hydrogen-bond acceptors (Lipinski definition) is 5. The van der Waals surface area contributed by atoms with Crippen LogP contribution in [-0.2, 0) is 16.0 Å². The van der Waals surface area contributed by atoms with Crippen LogP contribution in [0.25, 0.3) is 0 Å². The number of rotatable bonds is 5. The molecule has 2 amide bonds. The van der Waals surface area contributed by atoms with Crippen LogP contribution >= 0.6 is 0 Å². The van der Waals surface area contributed by atoms with Gasteiger partial charge in [-0.3, -0.25) is 9.69 Å². The fraction of sp³-hybridized carbons (Fsp3) is 0.679. The molecule has 0 radical (unpaired) electrons. The predicted molar refractivity (Wildman–Crippen MR) is 137 cm³/mol. The lowest BCUT2D eigenvalue weighted by Crippen LogP contribution is -2.60. The van der Waals surface area contributed by atoms with Crippen molar-refractivity contribution in [2.45, 2.75) is 96.4 Å². The molecule has 7 nitrogen and oxygen atoms in total. The molecule has 192 valence electrons. The molecule has 0 aliphatic carbocycles. The highest BCUT2D eigenvalue weighted by molar-refractivity contribution is 5.87. The van der Waals surface area contributed by atoms with Gasteiger partial charge >= 0.3 is 6.09 Å². The average molecular weight is 483 g/mol. The number of piperidine rings is 2. The first kappa shape index (κ1) is 27.0. The molecule has 2 aliphatic rings. The number of benzene rings is 1. The lowest BCUT2D eigenvalue weighted by atomic mass is 9.86. The van der Waals surface area contributed by atoms with Crippen LogP contribution in [0.4, 0.5) is 4.79 Å². The van der Waals surface area contributed by atoms with Crippen LogP contribution in [0.5, 0.6) is 0 Å². The quantitative estimate of drug-likeness (QED) is 0.669. The van der Waals surface area contributed by atoms with Gasteiger partial charge in [0.1, 0.15) is 17.7 Å². The number of nitriles is 1. The Balaban J connectivity index is 1.66. The van der Waals surface area contributed by atoms with Crippen LogP contribution in [-0.4, -0.2) is 65.7 Å². The van der Waals surface area contributed by atoms with E-state index in [0.717, 1.165) is 31.5 Å². The van der Waals surface area contributed by atoms with Crippen molar-refractivity contribution in [3.8, 4) is 6.07 Å². The summed E-state index contributed by atoms with van der Waals surface area (Å²) in [6, 6.07) is 9.28. The molecule has 0 bridgehead atoms.